The number of hydrogen-bond donors (Lipinski definition) is 2. The summed E-state index contributed by atoms with van der Waals surface area (Å²) in [6.07, 6.45) is 1.07. The zero-order chi connectivity index (χ0) is 14.8. The molecule has 21 heavy (non-hydrogen) atoms. The average molecular weight is 408 g/mol. The number of likely N-dealkylation sites (N-methyl/N-ethyl adjacent to an activating group) is 1. The van der Waals surface area contributed by atoms with Crippen LogP contribution in [0.25, 0.3) is 0 Å². The lowest BCUT2D eigenvalue weighted by atomic mass is 10.2. The average Bonchev–Trinajstić information content (AvgIpc) is 2.45. The molecule has 0 saturated carbocycles. The second-order valence-electron chi connectivity index (χ2n) is 4.79. The predicted molar refractivity (Wildman–Crippen MR) is 97.8 cm³/mol. The Morgan fingerprint density at radius 3 is 2.38 bits per heavy atom. The van der Waals surface area contributed by atoms with E-state index in [1.54, 1.807) is 7.05 Å². The molecule has 1 rings (SSSR count). The Morgan fingerprint density at radius 2 is 1.81 bits per heavy atom. The summed E-state index contributed by atoms with van der Waals surface area (Å²) in [6.45, 7) is 5.57. The van der Waals surface area contributed by atoms with E-state index in [2.05, 4.69) is 27.4 Å². The molecule has 0 radical (unpaired) electrons. The van der Waals surface area contributed by atoms with Crippen LogP contribution < -0.4 is 10.6 Å². The van der Waals surface area contributed by atoms with E-state index in [-0.39, 0.29) is 29.8 Å². The zero-order valence-electron chi connectivity index (χ0n) is 13.0. The van der Waals surface area contributed by atoms with Gasteiger partial charge in [-0.05, 0) is 31.2 Å². The molecule has 0 bridgehead atoms. The van der Waals surface area contributed by atoms with E-state index in [4.69, 9.17) is 0 Å². The van der Waals surface area contributed by atoms with Crippen LogP contribution in [0, 0.1) is 5.82 Å². The topological polar surface area (TPSA) is 39.7 Å². The molecule has 0 atom stereocenters. The summed E-state index contributed by atoms with van der Waals surface area (Å²) in [7, 11) is 3.82. The van der Waals surface area contributed by atoms with Gasteiger partial charge in [0.25, 0.3) is 0 Å². The lowest BCUT2D eigenvalue weighted by molar-refractivity contribution is 0.331. The molecule has 1 aromatic carbocycles. The number of aliphatic imine (C=N–C) groups is 1. The molecule has 2 N–H and O–H groups in total. The maximum absolute atomic E-state index is 12.8. The molecule has 120 valence electrons. The molecule has 4 nitrogen and oxygen atoms in total. The predicted octanol–water partition coefficient (Wildman–Crippen LogP) is 2.45. The van der Waals surface area contributed by atoms with E-state index < -0.39 is 0 Å². The van der Waals surface area contributed by atoms with Crippen molar-refractivity contribution in [3.8, 4) is 0 Å². The first-order chi connectivity index (χ1) is 9.65. The minimum Gasteiger partial charge on any atom is -0.356 e. The summed E-state index contributed by atoms with van der Waals surface area (Å²) < 4.78 is 12.8. The highest BCUT2D eigenvalue weighted by atomic mass is 127. The molecule has 0 aromatic heterocycles. The number of guanidine groups is 1. The van der Waals surface area contributed by atoms with Crippen molar-refractivity contribution < 1.29 is 4.39 Å². The van der Waals surface area contributed by atoms with Gasteiger partial charge < -0.3 is 15.5 Å². The molecule has 0 saturated heterocycles. The van der Waals surface area contributed by atoms with Crippen molar-refractivity contribution in [1.82, 2.24) is 15.5 Å². The molecule has 6 heteroatoms. The van der Waals surface area contributed by atoms with Crippen LogP contribution >= 0.6 is 24.0 Å². The number of hydrogen-bond acceptors (Lipinski definition) is 2. The van der Waals surface area contributed by atoms with Gasteiger partial charge in [-0.25, -0.2) is 4.39 Å². The molecular weight excluding hydrogens is 382 g/mol. The van der Waals surface area contributed by atoms with Crippen LogP contribution in [0.1, 0.15) is 18.9 Å². The van der Waals surface area contributed by atoms with Gasteiger partial charge in [0.05, 0.1) is 0 Å². The molecule has 0 aliphatic rings. The first-order valence-electron chi connectivity index (χ1n) is 7.03. The van der Waals surface area contributed by atoms with Gasteiger partial charge in [-0.15, -0.1) is 24.0 Å². The summed E-state index contributed by atoms with van der Waals surface area (Å²) in [6, 6.07) is 6.64. The second-order valence-corrected chi connectivity index (χ2v) is 4.79. The van der Waals surface area contributed by atoms with Crippen LogP contribution in [-0.4, -0.2) is 44.6 Å². The van der Waals surface area contributed by atoms with E-state index in [1.165, 1.54) is 12.1 Å². The fourth-order valence-corrected chi connectivity index (χ4v) is 1.81. The Labute approximate surface area is 144 Å². The van der Waals surface area contributed by atoms with E-state index in [1.807, 2.05) is 19.2 Å². The standard InChI is InChI=1S/C15H25FN4.HI/c1-4-9-18-15(17-2)19-10-11-20(3)12-13-5-7-14(16)8-6-13;/h5-8H,4,9-12H2,1-3H3,(H2,17,18,19);1H. The molecule has 0 aliphatic carbocycles. The Morgan fingerprint density at radius 1 is 1.19 bits per heavy atom. The number of benzene rings is 1. The molecule has 0 amide bonds. The van der Waals surface area contributed by atoms with Crippen LogP contribution in [-0.2, 0) is 6.54 Å². The van der Waals surface area contributed by atoms with Gasteiger partial charge in [0.2, 0.25) is 0 Å². The normalized spacial score (nSPS) is 11.2. The van der Waals surface area contributed by atoms with Gasteiger partial charge in [-0.3, -0.25) is 4.99 Å². The van der Waals surface area contributed by atoms with Crippen LogP contribution in [0.3, 0.4) is 0 Å². The van der Waals surface area contributed by atoms with Crippen LogP contribution in [0.15, 0.2) is 29.3 Å². The first kappa shape index (κ1) is 20.1. The van der Waals surface area contributed by atoms with Crippen LogP contribution in [0.4, 0.5) is 4.39 Å². The second kappa shape index (κ2) is 11.7. The molecule has 0 heterocycles. The van der Waals surface area contributed by atoms with Gasteiger partial charge in [-0.2, -0.15) is 0 Å². The fraction of sp³-hybridized carbons (Fsp3) is 0.533. The van der Waals surface area contributed by atoms with Crippen LogP contribution in [0.2, 0.25) is 0 Å². The van der Waals surface area contributed by atoms with Gasteiger partial charge in [-0.1, -0.05) is 19.1 Å². The lowest BCUT2D eigenvalue weighted by Gasteiger charge is -2.18. The summed E-state index contributed by atoms with van der Waals surface area (Å²) in [5.74, 6) is 0.644. The molecule has 0 spiro atoms. The monoisotopic (exact) mass is 408 g/mol. The number of rotatable bonds is 7. The van der Waals surface area contributed by atoms with Gasteiger partial charge in [0.15, 0.2) is 5.96 Å². The maximum atomic E-state index is 12.8. The summed E-state index contributed by atoms with van der Waals surface area (Å²) >= 11 is 0. The third-order valence-corrected chi connectivity index (χ3v) is 2.92. The molecule has 0 fully saturated rings. The van der Waals surface area contributed by atoms with Crippen molar-refractivity contribution >= 4 is 29.9 Å². The molecule has 0 aliphatic heterocycles. The highest BCUT2D eigenvalue weighted by Crippen LogP contribution is 2.04. The fourth-order valence-electron chi connectivity index (χ4n) is 1.81. The Balaban J connectivity index is 0.00000400. The third kappa shape index (κ3) is 8.87. The SMILES string of the molecule is CCCNC(=NC)NCCN(C)Cc1ccc(F)cc1.I. The summed E-state index contributed by atoms with van der Waals surface area (Å²) in [4.78, 5) is 6.34. The third-order valence-electron chi connectivity index (χ3n) is 2.92. The Kier molecular flexibility index (Phi) is 11.2. The maximum Gasteiger partial charge on any atom is 0.191 e. The summed E-state index contributed by atoms with van der Waals surface area (Å²) in [5, 5.41) is 6.49. The highest BCUT2D eigenvalue weighted by Gasteiger charge is 2.01. The minimum atomic E-state index is -0.191. The summed E-state index contributed by atoms with van der Waals surface area (Å²) in [5.41, 5.74) is 1.11. The van der Waals surface area contributed by atoms with Crippen molar-refractivity contribution in [2.24, 2.45) is 4.99 Å². The van der Waals surface area contributed by atoms with Crippen molar-refractivity contribution in [3.63, 3.8) is 0 Å². The zero-order valence-corrected chi connectivity index (χ0v) is 15.4. The molecular formula is C15H26FIN4. The van der Waals surface area contributed by atoms with Crippen molar-refractivity contribution in [1.29, 1.82) is 0 Å². The quantitative estimate of drug-likeness (QED) is 0.414. The van der Waals surface area contributed by atoms with Gasteiger partial charge >= 0.3 is 0 Å². The number of nitrogens with one attached hydrogen (secondary N) is 2. The number of nitrogens with zero attached hydrogens (tertiary/aromatic N) is 2. The van der Waals surface area contributed by atoms with E-state index >= 15 is 0 Å². The first-order valence-corrected chi connectivity index (χ1v) is 7.03. The van der Waals surface area contributed by atoms with Crippen molar-refractivity contribution in [2.45, 2.75) is 19.9 Å². The number of halogens is 2. The Hall–Kier alpha value is -0.890. The van der Waals surface area contributed by atoms with Crippen molar-refractivity contribution in [3.05, 3.63) is 35.6 Å². The largest absolute Gasteiger partial charge is 0.356 e. The van der Waals surface area contributed by atoms with Crippen LogP contribution in [0.5, 0.6) is 0 Å². The minimum absolute atomic E-state index is 0. The van der Waals surface area contributed by atoms with E-state index in [0.717, 1.165) is 44.1 Å². The smallest absolute Gasteiger partial charge is 0.191 e. The van der Waals surface area contributed by atoms with Gasteiger partial charge in [0.1, 0.15) is 5.82 Å². The van der Waals surface area contributed by atoms with E-state index in [9.17, 15) is 4.39 Å². The van der Waals surface area contributed by atoms with E-state index in [0.29, 0.717) is 0 Å². The van der Waals surface area contributed by atoms with Crippen molar-refractivity contribution in [2.75, 3.05) is 33.7 Å². The molecule has 1 aromatic rings. The molecule has 0 unspecified atom stereocenters. The van der Waals surface area contributed by atoms with Gasteiger partial charge in [0, 0.05) is 33.2 Å². The highest BCUT2D eigenvalue weighted by molar-refractivity contribution is 14.0. The lowest BCUT2D eigenvalue weighted by Crippen LogP contribution is -2.41. The Bertz CT molecular complexity index is 409.